The van der Waals surface area contributed by atoms with Crippen molar-refractivity contribution in [1.29, 1.82) is 0 Å². The third-order valence-corrected chi connectivity index (χ3v) is 2.85. The number of aromatic amines is 1. The molecular formula is C13H13F3N2O2. The van der Waals surface area contributed by atoms with Crippen molar-refractivity contribution in [3.63, 3.8) is 0 Å². The van der Waals surface area contributed by atoms with Gasteiger partial charge >= 0.3 is 6.18 Å². The van der Waals surface area contributed by atoms with E-state index in [2.05, 4.69) is 4.98 Å². The van der Waals surface area contributed by atoms with E-state index in [1.54, 1.807) is 24.4 Å². The van der Waals surface area contributed by atoms with Crippen LogP contribution in [0.3, 0.4) is 0 Å². The Kier molecular flexibility index (Phi) is 3.99. The predicted molar refractivity (Wildman–Crippen MR) is 67.3 cm³/mol. The van der Waals surface area contributed by atoms with Crippen LogP contribution in [0.15, 0.2) is 30.5 Å². The van der Waals surface area contributed by atoms with Gasteiger partial charge in [-0.2, -0.15) is 13.2 Å². The van der Waals surface area contributed by atoms with Crippen molar-refractivity contribution in [1.82, 2.24) is 9.88 Å². The van der Waals surface area contributed by atoms with Gasteiger partial charge in [0, 0.05) is 29.2 Å². The number of fused-ring (bicyclic) bond motifs is 1. The van der Waals surface area contributed by atoms with Crippen LogP contribution < -0.4 is 0 Å². The van der Waals surface area contributed by atoms with Crippen LogP contribution >= 0.6 is 0 Å². The highest BCUT2D eigenvalue weighted by molar-refractivity contribution is 6.06. The van der Waals surface area contributed by atoms with E-state index >= 15 is 0 Å². The van der Waals surface area contributed by atoms with Gasteiger partial charge in [0.25, 0.3) is 5.91 Å². The lowest BCUT2D eigenvalue weighted by Crippen LogP contribution is -2.40. The summed E-state index contributed by atoms with van der Waals surface area (Å²) in [5.41, 5.74) is 0.855. The number of hydrogen-bond acceptors (Lipinski definition) is 2. The van der Waals surface area contributed by atoms with Crippen LogP contribution in [0.4, 0.5) is 13.2 Å². The molecule has 20 heavy (non-hydrogen) atoms. The zero-order valence-electron chi connectivity index (χ0n) is 10.4. The normalized spacial score (nSPS) is 11.8. The maximum absolute atomic E-state index is 12.5. The molecule has 0 radical (unpaired) electrons. The highest BCUT2D eigenvalue weighted by atomic mass is 19.4. The highest BCUT2D eigenvalue weighted by Crippen LogP contribution is 2.22. The number of hydrogen-bond donors (Lipinski definition) is 2. The van der Waals surface area contributed by atoms with Crippen molar-refractivity contribution in [2.75, 3.05) is 19.7 Å². The summed E-state index contributed by atoms with van der Waals surface area (Å²) in [6.07, 6.45) is -2.89. The molecule has 1 amide bonds. The molecule has 2 rings (SSSR count). The van der Waals surface area contributed by atoms with E-state index in [0.717, 1.165) is 0 Å². The van der Waals surface area contributed by atoms with E-state index in [9.17, 15) is 18.0 Å². The Morgan fingerprint density at radius 3 is 2.70 bits per heavy atom. The number of halogens is 3. The van der Waals surface area contributed by atoms with Gasteiger partial charge in [-0.25, -0.2) is 0 Å². The minimum absolute atomic E-state index is 0.182. The fourth-order valence-electron chi connectivity index (χ4n) is 2.03. The molecule has 0 aliphatic rings. The monoisotopic (exact) mass is 286 g/mol. The molecule has 1 heterocycles. The van der Waals surface area contributed by atoms with Gasteiger partial charge in [-0.05, 0) is 18.2 Å². The maximum Gasteiger partial charge on any atom is 0.406 e. The molecule has 0 spiro atoms. The quantitative estimate of drug-likeness (QED) is 0.905. The van der Waals surface area contributed by atoms with E-state index in [4.69, 9.17) is 5.11 Å². The van der Waals surface area contributed by atoms with Crippen LogP contribution in [-0.4, -0.2) is 46.8 Å². The fourth-order valence-corrected chi connectivity index (χ4v) is 2.03. The Balaban J connectivity index is 2.34. The Morgan fingerprint density at radius 1 is 1.30 bits per heavy atom. The predicted octanol–water partition coefficient (Wildman–Crippen LogP) is 2.16. The van der Waals surface area contributed by atoms with Gasteiger partial charge in [-0.1, -0.05) is 6.07 Å². The summed E-state index contributed by atoms with van der Waals surface area (Å²) in [7, 11) is 0. The molecule has 4 nitrogen and oxygen atoms in total. The van der Waals surface area contributed by atoms with Crippen molar-refractivity contribution in [2.24, 2.45) is 0 Å². The Labute approximate surface area is 112 Å². The third-order valence-electron chi connectivity index (χ3n) is 2.85. The number of aliphatic hydroxyl groups is 1. The van der Waals surface area contributed by atoms with Crippen molar-refractivity contribution in [3.8, 4) is 0 Å². The zero-order chi connectivity index (χ0) is 14.8. The smallest absolute Gasteiger partial charge is 0.395 e. The van der Waals surface area contributed by atoms with Crippen LogP contribution in [-0.2, 0) is 0 Å². The largest absolute Gasteiger partial charge is 0.406 e. The van der Waals surface area contributed by atoms with Gasteiger partial charge in [0.1, 0.15) is 6.54 Å². The van der Waals surface area contributed by atoms with E-state index in [1.165, 1.54) is 6.07 Å². The molecule has 0 aliphatic heterocycles. The first-order valence-electron chi connectivity index (χ1n) is 5.95. The fraction of sp³-hybridized carbons (Fsp3) is 0.308. The number of alkyl halides is 3. The van der Waals surface area contributed by atoms with Crippen molar-refractivity contribution in [2.45, 2.75) is 6.18 Å². The second kappa shape index (κ2) is 5.54. The molecule has 0 fully saturated rings. The lowest BCUT2D eigenvalue weighted by atomic mass is 10.1. The minimum atomic E-state index is -4.50. The number of nitrogens with zero attached hydrogens (tertiary/aromatic N) is 1. The molecule has 0 saturated heterocycles. The third kappa shape index (κ3) is 3.11. The summed E-state index contributed by atoms with van der Waals surface area (Å²) < 4.78 is 37.4. The van der Waals surface area contributed by atoms with Crippen LogP contribution in [0.25, 0.3) is 10.9 Å². The van der Waals surface area contributed by atoms with Gasteiger partial charge in [-0.15, -0.1) is 0 Å². The molecule has 0 saturated carbocycles. The Bertz CT molecular complexity index is 607. The first kappa shape index (κ1) is 14.4. The summed E-state index contributed by atoms with van der Waals surface area (Å²) in [6, 6.07) is 6.43. The standard InChI is InChI=1S/C13H13F3N2O2/c14-13(15,16)8-18(6-7-19)12(20)10-2-1-3-11-9(10)4-5-17-11/h1-5,17,19H,6-8H2. The summed E-state index contributed by atoms with van der Waals surface area (Å²) in [5, 5.41) is 9.39. The number of nitrogens with one attached hydrogen (secondary N) is 1. The van der Waals surface area contributed by atoms with Gasteiger partial charge in [-0.3, -0.25) is 4.79 Å². The van der Waals surface area contributed by atoms with E-state index in [0.29, 0.717) is 15.8 Å². The van der Waals surface area contributed by atoms with Gasteiger partial charge in [0.05, 0.1) is 6.61 Å². The maximum atomic E-state index is 12.5. The van der Waals surface area contributed by atoms with Gasteiger partial charge in [0.15, 0.2) is 0 Å². The molecule has 108 valence electrons. The van der Waals surface area contributed by atoms with Crippen LogP contribution in [0.1, 0.15) is 10.4 Å². The van der Waals surface area contributed by atoms with Crippen LogP contribution in [0.5, 0.6) is 0 Å². The lowest BCUT2D eigenvalue weighted by Gasteiger charge is -2.23. The number of rotatable bonds is 4. The van der Waals surface area contributed by atoms with Crippen LogP contribution in [0, 0.1) is 0 Å². The molecule has 1 aromatic carbocycles. The summed E-state index contributed by atoms with van der Waals surface area (Å²) in [5.74, 6) is -0.749. The lowest BCUT2D eigenvalue weighted by molar-refractivity contribution is -0.141. The van der Waals surface area contributed by atoms with Crippen LogP contribution in [0.2, 0.25) is 0 Å². The highest BCUT2D eigenvalue weighted by Gasteiger charge is 2.33. The SMILES string of the molecule is O=C(c1cccc2[nH]ccc12)N(CCO)CC(F)(F)F. The number of aromatic nitrogens is 1. The van der Waals surface area contributed by atoms with E-state index < -0.39 is 25.2 Å². The summed E-state index contributed by atoms with van der Waals surface area (Å²) in [4.78, 5) is 15.7. The number of aliphatic hydroxyl groups excluding tert-OH is 1. The van der Waals surface area contributed by atoms with Crippen molar-refractivity contribution >= 4 is 16.8 Å². The zero-order valence-corrected chi connectivity index (χ0v) is 10.4. The number of carbonyl (C=O) groups excluding carboxylic acids is 1. The second-order valence-corrected chi connectivity index (χ2v) is 4.31. The molecule has 2 N–H and O–H groups in total. The number of amides is 1. The first-order valence-corrected chi connectivity index (χ1v) is 5.95. The topological polar surface area (TPSA) is 56.3 Å². The molecular weight excluding hydrogens is 273 g/mol. The van der Waals surface area contributed by atoms with E-state index in [-0.39, 0.29) is 12.1 Å². The molecule has 0 bridgehead atoms. The van der Waals surface area contributed by atoms with E-state index in [1.807, 2.05) is 0 Å². The summed E-state index contributed by atoms with van der Waals surface area (Å²) in [6.45, 7) is -2.27. The molecule has 0 aliphatic carbocycles. The number of H-pyrrole nitrogens is 1. The van der Waals surface area contributed by atoms with Gasteiger partial charge in [0.2, 0.25) is 0 Å². The van der Waals surface area contributed by atoms with Crippen molar-refractivity contribution in [3.05, 3.63) is 36.0 Å². The molecule has 1 aromatic heterocycles. The first-order chi connectivity index (χ1) is 9.42. The second-order valence-electron chi connectivity index (χ2n) is 4.31. The Hall–Kier alpha value is -2.02. The van der Waals surface area contributed by atoms with Crippen molar-refractivity contribution < 1.29 is 23.1 Å². The Morgan fingerprint density at radius 2 is 2.05 bits per heavy atom. The molecule has 0 atom stereocenters. The number of benzene rings is 1. The number of carbonyl (C=O) groups is 1. The van der Waals surface area contributed by atoms with Gasteiger partial charge < -0.3 is 15.0 Å². The summed E-state index contributed by atoms with van der Waals surface area (Å²) >= 11 is 0. The molecule has 7 heteroatoms. The minimum Gasteiger partial charge on any atom is -0.395 e. The molecule has 0 unspecified atom stereocenters. The average Bonchev–Trinajstić information content (AvgIpc) is 2.83. The molecule has 2 aromatic rings. The average molecular weight is 286 g/mol.